The highest BCUT2D eigenvalue weighted by Crippen LogP contribution is 2.36. The summed E-state index contributed by atoms with van der Waals surface area (Å²) in [5.41, 5.74) is -3.63. The van der Waals surface area contributed by atoms with Crippen molar-refractivity contribution in [3.63, 3.8) is 0 Å². The summed E-state index contributed by atoms with van der Waals surface area (Å²) in [6.07, 6.45) is -4.82. The molecule has 0 aliphatic carbocycles. The zero-order valence-corrected chi connectivity index (χ0v) is 15.4. The number of aromatic carboxylic acids is 1. The number of aromatic hydroxyl groups is 1. The molecule has 7 nitrogen and oxygen atoms in total. The second kappa shape index (κ2) is 8.30. The molecule has 3 aromatic rings. The van der Waals surface area contributed by atoms with Crippen molar-refractivity contribution in [2.45, 2.75) is 6.18 Å². The summed E-state index contributed by atoms with van der Waals surface area (Å²) >= 11 is 0. The van der Waals surface area contributed by atoms with E-state index in [1.807, 2.05) is 5.32 Å². The fourth-order valence-electron chi connectivity index (χ4n) is 2.74. The van der Waals surface area contributed by atoms with Crippen molar-refractivity contribution in [3.05, 3.63) is 71.4 Å². The van der Waals surface area contributed by atoms with E-state index in [0.717, 1.165) is 18.2 Å². The van der Waals surface area contributed by atoms with Gasteiger partial charge in [0.05, 0.1) is 5.57 Å². The number of alkyl halides is 3. The zero-order valence-electron chi connectivity index (χ0n) is 15.4. The molecule has 0 bridgehead atoms. The van der Waals surface area contributed by atoms with Crippen LogP contribution < -0.4 is 5.32 Å². The minimum Gasteiger partial charge on any atom is -0.508 e. The number of nitrogens with one attached hydrogen (secondary N) is 2. The van der Waals surface area contributed by atoms with Gasteiger partial charge in [0.2, 0.25) is 0 Å². The van der Waals surface area contributed by atoms with Crippen LogP contribution in [0, 0.1) is 11.2 Å². The summed E-state index contributed by atoms with van der Waals surface area (Å²) in [5.74, 6) is -3.39. The average Bonchev–Trinajstić information content (AvgIpc) is 3.13. The van der Waals surface area contributed by atoms with Crippen LogP contribution in [0.25, 0.3) is 16.8 Å². The fourth-order valence-corrected chi connectivity index (χ4v) is 2.74. The molecular formula is C20H13F4N3O4. The van der Waals surface area contributed by atoms with Gasteiger partial charge in [0.25, 0.3) is 0 Å². The lowest BCUT2D eigenvalue weighted by atomic mass is 10.0. The Hall–Kier alpha value is -4.15. The summed E-state index contributed by atoms with van der Waals surface area (Å²) in [6.45, 7) is 0. The van der Waals surface area contributed by atoms with Gasteiger partial charge in [-0.1, -0.05) is 11.2 Å². The van der Waals surface area contributed by atoms with E-state index in [2.05, 4.69) is 5.16 Å². The first-order valence-electron chi connectivity index (χ1n) is 8.49. The van der Waals surface area contributed by atoms with Crippen LogP contribution in [0.5, 0.6) is 5.75 Å². The summed E-state index contributed by atoms with van der Waals surface area (Å²) in [6, 6.07) is 9.23. The minimum atomic E-state index is -5.08. The van der Waals surface area contributed by atoms with E-state index in [-0.39, 0.29) is 28.9 Å². The van der Waals surface area contributed by atoms with Crippen molar-refractivity contribution in [2.24, 2.45) is 0 Å². The van der Waals surface area contributed by atoms with Crippen LogP contribution in [0.4, 0.5) is 23.2 Å². The number of carbonyl (C=O) groups is 1. The van der Waals surface area contributed by atoms with Crippen LogP contribution in [-0.4, -0.2) is 33.7 Å². The molecule has 0 aliphatic heterocycles. The number of carboxylic acids is 1. The van der Waals surface area contributed by atoms with Crippen molar-refractivity contribution in [2.75, 3.05) is 5.32 Å². The first-order chi connectivity index (χ1) is 14.6. The number of rotatable bonds is 6. The molecule has 160 valence electrons. The molecule has 0 saturated carbocycles. The molecule has 4 N–H and O–H groups in total. The van der Waals surface area contributed by atoms with Gasteiger partial charge in [0.15, 0.2) is 5.76 Å². The molecule has 11 heteroatoms. The van der Waals surface area contributed by atoms with Gasteiger partial charge in [0, 0.05) is 17.5 Å². The molecule has 3 rings (SSSR count). The van der Waals surface area contributed by atoms with E-state index in [0.29, 0.717) is 0 Å². The van der Waals surface area contributed by atoms with Crippen molar-refractivity contribution < 1.29 is 37.1 Å². The number of hydrogen-bond acceptors (Lipinski definition) is 6. The standard InChI is InChI=1S/C20H13F4N3O4/c21-11-2-1-3-12(8-11)26-18(20(22,23)24)14(9-25)17-15(19(29)30)16(27-31-17)10-4-6-13(28)7-5-10/h1-9,25-26,28H,(H,29,30)/b18-14+,25-9?. The van der Waals surface area contributed by atoms with Gasteiger partial charge in [-0.2, -0.15) is 13.2 Å². The third kappa shape index (κ3) is 4.55. The van der Waals surface area contributed by atoms with Crippen LogP contribution in [0.1, 0.15) is 16.1 Å². The molecule has 0 radical (unpaired) electrons. The molecule has 1 heterocycles. The van der Waals surface area contributed by atoms with Gasteiger partial charge in [0.1, 0.15) is 28.5 Å². The van der Waals surface area contributed by atoms with E-state index >= 15 is 0 Å². The van der Waals surface area contributed by atoms with Gasteiger partial charge < -0.3 is 25.5 Å². The number of hydrogen-bond donors (Lipinski definition) is 4. The lowest BCUT2D eigenvalue weighted by Crippen LogP contribution is -2.22. The van der Waals surface area contributed by atoms with Crippen LogP contribution in [-0.2, 0) is 0 Å². The van der Waals surface area contributed by atoms with E-state index in [9.17, 15) is 32.6 Å². The molecule has 0 amide bonds. The van der Waals surface area contributed by atoms with Crippen molar-refractivity contribution in [1.29, 1.82) is 5.41 Å². The number of allylic oxidation sites excluding steroid dienone is 2. The SMILES string of the molecule is N=C/C(=C(\Nc1cccc(F)c1)C(F)(F)F)c1onc(-c2ccc(O)cc2)c1C(=O)O. The Morgan fingerprint density at radius 3 is 2.39 bits per heavy atom. The summed E-state index contributed by atoms with van der Waals surface area (Å²) in [7, 11) is 0. The number of phenols is 1. The first-order valence-corrected chi connectivity index (χ1v) is 8.49. The minimum absolute atomic E-state index is 0.122. The Balaban J connectivity index is 2.22. The fraction of sp³-hybridized carbons (Fsp3) is 0.0500. The number of phenolic OH excluding ortho intramolecular Hbond substituents is 1. The Morgan fingerprint density at radius 1 is 1.16 bits per heavy atom. The number of anilines is 1. The maximum absolute atomic E-state index is 13.8. The number of halogens is 4. The zero-order chi connectivity index (χ0) is 22.8. The largest absolute Gasteiger partial charge is 0.508 e. The number of nitrogens with zero attached hydrogens (tertiary/aromatic N) is 1. The lowest BCUT2D eigenvalue weighted by molar-refractivity contribution is -0.0896. The maximum Gasteiger partial charge on any atom is 0.432 e. The number of aromatic nitrogens is 1. The van der Waals surface area contributed by atoms with Gasteiger partial charge >= 0.3 is 12.1 Å². The van der Waals surface area contributed by atoms with Gasteiger partial charge in [-0.05, 0) is 42.5 Å². The molecule has 0 spiro atoms. The van der Waals surface area contributed by atoms with Crippen molar-refractivity contribution in [3.8, 4) is 17.0 Å². The molecule has 0 saturated heterocycles. The molecular weight excluding hydrogens is 422 g/mol. The monoisotopic (exact) mass is 435 g/mol. The molecule has 0 atom stereocenters. The summed E-state index contributed by atoms with van der Waals surface area (Å²) in [4.78, 5) is 11.8. The van der Waals surface area contributed by atoms with E-state index in [1.165, 1.54) is 30.3 Å². The second-order valence-electron chi connectivity index (χ2n) is 6.15. The Kier molecular flexibility index (Phi) is 5.77. The third-order valence-corrected chi connectivity index (χ3v) is 4.08. The van der Waals surface area contributed by atoms with Crippen molar-refractivity contribution >= 4 is 23.4 Å². The van der Waals surface area contributed by atoms with Gasteiger partial charge in [-0.15, -0.1) is 0 Å². The first kappa shape index (κ1) is 21.6. The topological polar surface area (TPSA) is 119 Å². The Labute approximate surface area is 171 Å². The highest BCUT2D eigenvalue weighted by Gasteiger charge is 2.39. The van der Waals surface area contributed by atoms with Gasteiger partial charge in [-0.3, -0.25) is 0 Å². The predicted octanol–water partition coefficient (Wildman–Crippen LogP) is 4.92. The number of benzene rings is 2. The van der Waals surface area contributed by atoms with Crippen LogP contribution in [0.3, 0.4) is 0 Å². The summed E-state index contributed by atoms with van der Waals surface area (Å²) < 4.78 is 59.7. The highest BCUT2D eigenvalue weighted by molar-refractivity contribution is 6.14. The maximum atomic E-state index is 13.8. The lowest BCUT2D eigenvalue weighted by Gasteiger charge is -2.17. The van der Waals surface area contributed by atoms with Gasteiger partial charge in [-0.25, -0.2) is 9.18 Å². The predicted molar refractivity (Wildman–Crippen MR) is 102 cm³/mol. The van der Waals surface area contributed by atoms with E-state index in [1.54, 1.807) is 0 Å². The van der Waals surface area contributed by atoms with E-state index in [4.69, 9.17) is 9.93 Å². The second-order valence-corrected chi connectivity index (χ2v) is 6.15. The molecule has 0 fully saturated rings. The third-order valence-electron chi connectivity index (χ3n) is 4.08. The van der Waals surface area contributed by atoms with E-state index < -0.39 is 40.6 Å². The van der Waals surface area contributed by atoms with Crippen molar-refractivity contribution in [1.82, 2.24) is 5.16 Å². The molecule has 31 heavy (non-hydrogen) atoms. The Bertz CT molecular complexity index is 1170. The molecule has 1 aromatic heterocycles. The van der Waals surface area contributed by atoms with Crippen LogP contribution >= 0.6 is 0 Å². The molecule has 0 aliphatic rings. The molecule has 0 unspecified atom stereocenters. The number of carboxylic acid groups (broad SMARTS) is 1. The Morgan fingerprint density at radius 2 is 1.84 bits per heavy atom. The molecule has 2 aromatic carbocycles. The van der Waals surface area contributed by atoms with Crippen LogP contribution in [0.2, 0.25) is 0 Å². The normalized spacial score (nSPS) is 12.3. The summed E-state index contributed by atoms with van der Waals surface area (Å²) in [5, 5.41) is 32.0. The quantitative estimate of drug-likeness (QED) is 0.322. The average molecular weight is 435 g/mol. The highest BCUT2D eigenvalue weighted by atomic mass is 19.4. The van der Waals surface area contributed by atoms with Crippen LogP contribution in [0.15, 0.2) is 58.8 Å². The smallest absolute Gasteiger partial charge is 0.432 e.